The Morgan fingerprint density at radius 2 is 1.68 bits per heavy atom. The summed E-state index contributed by atoms with van der Waals surface area (Å²) in [6.45, 7) is 5.40. The molecule has 0 saturated carbocycles. The maximum Gasteiger partial charge on any atom is 0.258 e. The molecule has 4 rings (SSSR count). The summed E-state index contributed by atoms with van der Waals surface area (Å²) in [5.41, 5.74) is 4.23. The van der Waals surface area contributed by atoms with E-state index in [4.69, 9.17) is 4.74 Å². The van der Waals surface area contributed by atoms with Gasteiger partial charge in [0.05, 0.1) is 12.3 Å². The van der Waals surface area contributed by atoms with Crippen molar-refractivity contribution in [1.82, 2.24) is 0 Å². The Labute approximate surface area is 147 Å². The minimum Gasteiger partial charge on any atom is -0.494 e. The lowest BCUT2D eigenvalue weighted by Crippen LogP contribution is -2.28. The van der Waals surface area contributed by atoms with Crippen LogP contribution in [-0.2, 0) is 0 Å². The van der Waals surface area contributed by atoms with E-state index in [0.29, 0.717) is 13.2 Å². The number of ether oxygens (including phenoxy) is 1. The number of carbonyl (C=O) groups is 1. The highest BCUT2D eigenvalue weighted by Crippen LogP contribution is 2.37. The van der Waals surface area contributed by atoms with Gasteiger partial charge in [-0.3, -0.25) is 4.79 Å². The third-order valence-corrected chi connectivity index (χ3v) is 4.64. The van der Waals surface area contributed by atoms with Gasteiger partial charge < -0.3 is 9.64 Å². The molecule has 0 unspecified atom stereocenters. The number of hydrogen-bond acceptors (Lipinski definition) is 2. The van der Waals surface area contributed by atoms with E-state index in [1.165, 1.54) is 11.1 Å². The Kier molecular flexibility index (Phi) is 3.92. The molecule has 1 aliphatic heterocycles. The molecule has 0 aromatic heterocycles. The molecule has 0 spiro atoms. The number of nitrogens with zero attached hydrogens (tertiary/aromatic N) is 1. The number of carbonyl (C=O) groups excluding carboxylic acids is 1. The molecule has 1 amide bonds. The average molecular weight is 331 g/mol. The van der Waals surface area contributed by atoms with Crippen molar-refractivity contribution in [2.75, 3.05) is 18.1 Å². The molecule has 0 saturated heterocycles. The summed E-state index contributed by atoms with van der Waals surface area (Å²) in [5, 5.41) is 2.20. The van der Waals surface area contributed by atoms with Gasteiger partial charge in [-0.2, -0.15) is 0 Å². The first-order valence-corrected chi connectivity index (χ1v) is 8.68. The van der Waals surface area contributed by atoms with Crippen LogP contribution in [0.1, 0.15) is 27.9 Å². The lowest BCUT2D eigenvalue weighted by molar-refractivity contribution is 0.0992. The van der Waals surface area contributed by atoms with Gasteiger partial charge in [0, 0.05) is 17.5 Å². The molecule has 0 aliphatic carbocycles. The van der Waals surface area contributed by atoms with E-state index in [1.54, 1.807) is 0 Å². The van der Waals surface area contributed by atoms with Crippen molar-refractivity contribution in [3.63, 3.8) is 0 Å². The zero-order chi connectivity index (χ0) is 17.4. The van der Waals surface area contributed by atoms with Gasteiger partial charge in [-0.05, 0) is 61.0 Å². The molecule has 0 N–H and O–H groups in total. The van der Waals surface area contributed by atoms with Crippen molar-refractivity contribution in [2.24, 2.45) is 0 Å². The normalized spacial score (nSPS) is 12.9. The fraction of sp³-hybridized carbons (Fsp3) is 0.227. The number of benzene rings is 3. The van der Waals surface area contributed by atoms with E-state index in [-0.39, 0.29) is 5.91 Å². The third-order valence-electron chi connectivity index (χ3n) is 4.64. The standard InChI is InChI=1S/C22H21NO2/c1-15-12-16(2)14-18(13-15)25-11-5-10-23-20-9-4-7-17-6-3-8-19(21(17)20)22(23)24/h3-4,6-9,12-14H,5,10-11H2,1-2H3. The molecule has 3 aromatic carbocycles. The highest BCUT2D eigenvalue weighted by molar-refractivity contribution is 6.24. The van der Waals surface area contributed by atoms with Crippen LogP contribution >= 0.6 is 0 Å². The maximum atomic E-state index is 12.7. The number of aryl methyl sites for hydroxylation is 2. The fourth-order valence-corrected chi connectivity index (χ4v) is 3.63. The summed E-state index contributed by atoms with van der Waals surface area (Å²) in [5.74, 6) is 0.994. The zero-order valence-electron chi connectivity index (χ0n) is 14.6. The number of amides is 1. The first-order chi connectivity index (χ1) is 12.1. The first-order valence-electron chi connectivity index (χ1n) is 8.68. The quantitative estimate of drug-likeness (QED) is 0.623. The maximum absolute atomic E-state index is 12.7. The minimum absolute atomic E-state index is 0.0956. The van der Waals surface area contributed by atoms with Crippen molar-refractivity contribution >= 4 is 22.4 Å². The van der Waals surface area contributed by atoms with Gasteiger partial charge in [0.1, 0.15) is 5.75 Å². The van der Waals surface area contributed by atoms with Crippen LogP contribution in [0.3, 0.4) is 0 Å². The van der Waals surface area contributed by atoms with Gasteiger partial charge in [0.15, 0.2) is 0 Å². The van der Waals surface area contributed by atoms with Crippen molar-refractivity contribution in [2.45, 2.75) is 20.3 Å². The van der Waals surface area contributed by atoms with E-state index in [1.807, 2.05) is 41.3 Å². The van der Waals surface area contributed by atoms with Gasteiger partial charge >= 0.3 is 0 Å². The van der Waals surface area contributed by atoms with Gasteiger partial charge in [-0.15, -0.1) is 0 Å². The number of anilines is 1. The number of hydrogen-bond donors (Lipinski definition) is 0. The Balaban J connectivity index is 1.44. The molecule has 0 fully saturated rings. The lowest BCUT2D eigenvalue weighted by Gasteiger charge is -2.18. The van der Waals surface area contributed by atoms with Crippen molar-refractivity contribution in [3.8, 4) is 5.75 Å². The Morgan fingerprint density at radius 3 is 2.44 bits per heavy atom. The second-order valence-electron chi connectivity index (χ2n) is 6.66. The van der Waals surface area contributed by atoms with E-state index in [9.17, 15) is 4.79 Å². The van der Waals surface area contributed by atoms with E-state index in [0.717, 1.165) is 34.2 Å². The van der Waals surface area contributed by atoms with Crippen LogP contribution in [0.15, 0.2) is 54.6 Å². The van der Waals surface area contributed by atoms with Crippen LogP contribution in [0.5, 0.6) is 5.75 Å². The van der Waals surface area contributed by atoms with Gasteiger partial charge in [-0.1, -0.05) is 30.3 Å². The largest absolute Gasteiger partial charge is 0.494 e. The summed E-state index contributed by atoms with van der Waals surface area (Å²) in [7, 11) is 0. The predicted octanol–water partition coefficient (Wildman–Crippen LogP) is 4.89. The molecule has 0 radical (unpaired) electrons. The molecule has 3 aromatic rings. The molecule has 0 atom stereocenters. The fourth-order valence-electron chi connectivity index (χ4n) is 3.63. The van der Waals surface area contributed by atoms with Gasteiger partial charge in [-0.25, -0.2) is 0 Å². The summed E-state index contributed by atoms with van der Waals surface area (Å²) in [6.07, 6.45) is 0.795. The van der Waals surface area contributed by atoms with Crippen LogP contribution in [0, 0.1) is 13.8 Å². The number of rotatable bonds is 5. The van der Waals surface area contributed by atoms with Crippen LogP contribution < -0.4 is 9.64 Å². The third kappa shape index (κ3) is 2.86. The predicted molar refractivity (Wildman–Crippen MR) is 102 cm³/mol. The lowest BCUT2D eigenvalue weighted by atomic mass is 10.1. The molecule has 3 nitrogen and oxygen atoms in total. The van der Waals surface area contributed by atoms with Gasteiger partial charge in [0.25, 0.3) is 5.91 Å². The molecular weight excluding hydrogens is 310 g/mol. The van der Waals surface area contributed by atoms with Crippen molar-refractivity contribution < 1.29 is 9.53 Å². The highest BCUT2D eigenvalue weighted by atomic mass is 16.5. The second kappa shape index (κ2) is 6.25. The molecule has 3 heteroatoms. The van der Waals surface area contributed by atoms with Crippen LogP contribution in [0.4, 0.5) is 5.69 Å². The molecular formula is C22H21NO2. The molecule has 25 heavy (non-hydrogen) atoms. The van der Waals surface area contributed by atoms with Gasteiger partial charge in [0.2, 0.25) is 0 Å². The van der Waals surface area contributed by atoms with Crippen molar-refractivity contribution in [3.05, 3.63) is 71.3 Å². The molecule has 126 valence electrons. The smallest absolute Gasteiger partial charge is 0.258 e. The summed E-state index contributed by atoms with van der Waals surface area (Å²) in [6, 6.07) is 18.3. The Morgan fingerprint density at radius 1 is 0.960 bits per heavy atom. The monoisotopic (exact) mass is 331 g/mol. The SMILES string of the molecule is Cc1cc(C)cc(OCCCN2C(=O)c3cccc4cccc2c34)c1. The average Bonchev–Trinajstić information content (AvgIpc) is 2.86. The second-order valence-corrected chi connectivity index (χ2v) is 6.66. The minimum atomic E-state index is 0.0956. The van der Waals surface area contributed by atoms with Crippen molar-refractivity contribution in [1.29, 1.82) is 0 Å². The van der Waals surface area contributed by atoms with Crippen LogP contribution in [0.2, 0.25) is 0 Å². The topological polar surface area (TPSA) is 29.5 Å². The Bertz CT molecular complexity index is 936. The Hall–Kier alpha value is -2.81. The van der Waals surface area contributed by atoms with E-state index < -0.39 is 0 Å². The van der Waals surface area contributed by atoms with Crippen LogP contribution in [-0.4, -0.2) is 19.1 Å². The van der Waals surface area contributed by atoms with E-state index in [2.05, 4.69) is 32.0 Å². The summed E-state index contributed by atoms with van der Waals surface area (Å²) >= 11 is 0. The highest BCUT2D eigenvalue weighted by Gasteiger charge is 2.28. The molecule has 1 heterocycles. The van der Waals surface area contributed by atoms with E-state index >= 15 is 0 Å². The molecule has 1 aliphatic rings. The summed E-state index contributed by atoms with van der Waals surface area (Å²) in [4.78, 5) is 14.6. The van der Waals surface area contributed by atoms with Crippen LogP contribution in [0.25, 0.3) is 10.8 Å². The molecule has 0 bridgehead atoms. The first kappa shape index (κ1) is 15.7. The zero-order valence-corrected chi connectivity index (χ0v) is 14.6. The summed E-state index contributed by atoms with van der Waals surface area (Å²) < 4.78 is 5.87.